The SMILES string of the molecule is COC(=O)[C@@H](Cc1ccc(C(F)(F)F)cc1)NC(=O)c1cccc(F)c1. The number of rotatable bonds is 5. The van der Waals surface area contributed by atoms with E-state index in [0.29, 0.717) is 5.56 Å². The van der Waals surface area contributed by atoms with Crippen molar-refractivity contribution in [2.24, 2.45) is 0 Å². The van der Waals surface area contributed by atoms with Crippen molar-refractivity contribution in [1.29, 1.82) is 0 Å². The number of esters is 1. The first-order valence-corrected chi connectivity index (χ1v) is 7.51. The first-order valence-electron chi connectivity index (χ1n) is 7.51. The number of carbonyl (C=O) groups excluding carboxylic acids is 2. The molecule has 2 aromatic carbocycles. The maximum absolute atomic E-state index is 13.2. The highest BCUT2D eigenvalue weighted by molar-refractivity contribution is 5.96. The monoisotopic (exact) mass is 369 g/mol. The number of ether oxygens (including phenoxy) is 1. The average molecular weight is 369 g/mol. The molecule has 0 aliphatic rings. The van der Waals surface area contributed by atoms with Gasteiger partial charge < -0.3 is 10.1 Å². The van der Waals surface area contributed by atoms with Crippen molar-refractivity contribution in [3.05, 3.63) is 71.0 Å². The second-order valence-electron chi connectivity index (χ2n) is 5.46. The highest BCUT2D eigenvalue weighted by Crippen LogP contribution is 2.29. The van der Waals surface area contributed by atoms with E-state index in [9.17, 15) is 27.2 Å². The van der Waals surface area contributed by atoms with Gasteiger partial charge in [-0.05, 0) is 35.9 Å². The quantitative estimate of drug-likeness (QED) is 0.650. The Bertz CT molecular complexity index is 788. The molecule has 0 aromatic heterocycles. The van der Waals surface area contributed by atoms with Crippen LogP contribution < -0.4 is 5.32 Å². The van der Waals surface area contributed by atoms with Gasteiger partial charge in [0.05, 0.1) is 12.7 Å². The molecular weight excluding hydrogens is 354 g/mol. The Labute approximate surface area is 146 Å². The summed E-state index contributed by atoms with van der Waals surface area (Å²) >= 11 is 0. The number of carbonyl (C=O) groups is 2. The van der Waals surface area contributed by atoms with Gasteiger partial charge in [-0.25, -0.2) is 9.18 Å². The molecule has 1 atom stereocenters. The second kappa shape index (κ2) is 7.99. The van der Waals surface area contributed by atoms with Gasteiger partial charge >= 0.3 is 12.1 Å². The lowest BCUT2D eigenvalue weighted by Crippen LogP contribution is -2.43. The number of halogens is 4. The van der Waals surface area contributed by atoms with Gasteiger partial charge in [0.15, 0.2) is 0 Å². The molecule has 26 heavy (non-hydrogen) atoms. The molecule has 1 amide bonds. The lowest BCUT2D eigenvalue weighted by Gasteiger charge is -2.17. The smallest absolute Gasteiger partial charge is 0.416 e. The minimum absolute atomic E-state index is 0.00585. The summed E-state index contributed by atoms with van der Waals surface area (Å²) in [6.07, 6.45) is -4.54. The number of benzene rings is 2. The second-order valence-corrected chi connectivity index (χ2v) is 5.46. The third-order valence-corrected chi connectivity index (χ3v) is 3.60. The molecule has 2 rings (SSSR count). The molecule has 8 heteroatoms. The van der Waals surface area contributed by atoms with Crippen molar-refractivity contribution in [2.75, 3.05) is 7.11 Å². The Morgan fingerprint density at radius 3 is 2.31 bits per heavy atom. The van der Waals surface area contributed by atoms with Crippen molar-refractivity contribution >= 4 is 11.9 Å². The summed E-state index contributed by atoms with van der Waals surface area (Å²) in [6, 6.07) is 7.94. The van der Waals surface area contributed by atoms with E-state index in [1.165, 1.54) is 24.3 Å². The number of nitrogens with one attached hydrogen (secondary N) is 1. The van der Waals surface area contributed by atoms with Crippen molar-refractivity contribution in [1.82, 2.24) is 5.32 Å². The van der Waals surface area contributed by atoms with Crippen molar-refractivity contribution in [3.8, 4) is 0 Å². The minimum atomic E-state index is -4.47. The molecule has 0 saturated carbocycles. The molecule has 4 nitrogen and oxygen atoms in total. The number of alkyl halides is 3. The normalized spacial score (nSPS) is 12.3. The lowest BCUT2D eigenvalue weighted by molar-refractivity contribution is -0.143. The summed E-state index contributed by atoms with van der Waals surface area (Å²) in [5.74, 6) is -2.09. The van der Waals surface area contributed by atoms with Crippen LogP contribution in [0.15, 0.2) is 48.5 Å². The fraction of sp³-hybridized carbons (Fsp3) is 0.222. The Kier molecular flexibility index (Phi) is 5.97. The number of hydrogen-bond donors (Lipinski definition) is 1. The molecule has 2 aromatic rings. The molecule has 0 fully saturated rings. The summed E-state index contributed by atoms with van der Waals surface area (Å²) in [6.45, 7) is 0. The van der Waals surface area contributed by atoms with Crippen LogP contribution in [0.4, 0.5) is 17.6 Å². The van der Waals surface area contributed by atoms with Gasteiger partial charge in [0.1, 0.15) is 11.9 Å². The number of hydrogen-bond acceptors (Lipinski definition) is 3. The molecule has 0 aliphatic heterocycles. The van der Waals surface area contributed by atoms with E-state index in [-0.39, 0.29) is 12.0 Å². The largest absolute Gasteiger partial charge is 0.467 e. The van der Waals surface area contributed by atoms with Gasteiger partial charge in [-0.1, -0.05) is 18.2 Å². The van der Waals surface area contributed by atoms with Crippen LogP contribution in [0, 0.1) is 5.82 Å². The van der Waals surface area contributed by atoms with Gasteiger partial charge in [-0.3, -0.25) is 4.79 Å². The van der Waals surface area contributed by atoms with E-state index < -0.39 is 35.5 Å². The zero-order valence-electron chi connectivity index (χ0n) is 13.6. The van der Waals surface area contributed by atoms with E-state index in [1.807, 2.05) is 0 Å². The standard InChI is InChI=1S/C18H15F4NO3/c1-26-17(25)15(23-16(24)12-3-2-4-14(19)10-12)9-11-5-7-13(8-6-11)18(20,21)22/h2-8,10,15H,9H2,1H3,(H,23,24)/t15-/m1/s1. The van der Waals surface area contributed by atoms with Gasteiger partial charge in [0.25, 0.3) is 5.91 Å². The van der Waals surface area contributed by atoms with Crippen LogP contribution in [0.5, 0.6) is 0 Å². The zero-order valence-corrected chi connectivity index (χ0v) is 13.6. The summed E-state index contributed by atoms with van der Waals surface area (Å²) in [7, 11) is 1.12. The average Bonchev–Trinajstić information content (AvgIpc) is 2.60. The molecule has 0 heterocycles. The molecule has 0 unspecified atom stereocenters. The Balaban J connectivity index is 2.15. The fourth-order valence-electron chi connectivity index (χ4n) is 2.27. The fourth-order valence-corrected chi connectivity index (χ4v) is 2.27. The van der Waals surface area contributed by atoms with Crippen LogP contribution in [0.25, 0.3) is 0 Å². The third kappa shape index (κ3) is 5.05. The number of amides is 1. The van der Waals surface area contributed by atoms with Crippen LogP contribution in [-0.4, -0.2) is 25.0 Å². The summed E-state index contributed by atoms with van der Waals surface area (Å²) < 4.78 is 55.6. The summed E-state index contributed by atoms with van der Waals surface area (Å²) in [4.78, 5) is 24.1. The van der Waals surface area contributed by atoms with E-state index in [0.717, 1.165) is 31.4 Å². The molecule has 0 spiro atoms. The number of methoxy groups -OCH3 is 1. The minimum Gasteiger partial charge on any atom is -0.467 e. The topological polar surface area (TPSA) is 55.4 Å². The van der Waals surface area contributed by atoms with E-state index >= 15 is 0 Å². The predicted octanol–water partition coefficient (Wildman–Crippen LogP) is 3.36. The van der Waals surface area contributed by atoms with Crippen LogP contribution in [0.3, 0.4) is 0 Å². The summed E-state index contributed by atoms with van der Waals surface area (Å²) in [5.41, 5.74) is -0.418. The zero-order chi connectivity index (χ0) is 19.3. The van der Waals surface area contributed by atoms with Gasteiger partial charge in [0.2, 0.25) is 0 Å². The maximum Gasteiger partial charge on any atom is 0.416 e. The van der Waals surface area contributed by atoms with Gasteiger partial charge in [-0.2, -0.15) is 13.2 Å². The first kappa shape index (κ1) is 19.4. The van der Waals surface area contributed by atoms with E-state index in [4.69, 9.17) is 0 Å². The van der Waals surface area contributed by atoms with Gasteiger partial charge in [-0.15, -0.1) is 0 Å². The predicted molar refractivity (Wildman–Crippen MR) is 84.8 cm³/mol. The third-order valence-electron chi connectivity index (χ3n) is 3.60. The molecule has 0 saturated heterocycles. The molecule has 138 valence electrons. The molecule has 0 radical (unpaired) electrons. The highest BCUT2D eigenvalue weighted by atomic mass is 19.4. The summed E-state index contributed by atoms with van der Waals surface area (Å²) in [5, 5.41) is 2.40. The van der Waals surface area contributed by atoms with Crippen LogP contribution in [-0.2, 0) is 22.1 Å². The molecule has 1 N–H and O–H groups in total. The highest BCUT2D eigenvalue weighted by Gasteiger charge is 2.30. The molecular formula is C18H15F4NO3. The lowest BCUT2D eigenvalue weighted by atomic mass is 10.0. The Morgan fingerprint density at radius 1 is 1.12 bits per heavy atom. The molecule has 0 aliphatic carbocycles. The van der Waals surface area contributed by atoms with Crippen LogP contribution in [0.2, 0.25) is 0 Å². The Morgan fingerprint density at radius 2 is 1.77 bits per heavy atom. The van der Waals surface area contributed by atoms with Gasteiger partial charge in [0, 0.05) is 12.0 Å². The van der Waals surface area contributed by atoms with Crippen LogP contribution >= 0.6 is 0 Å². The van der Waals surface area contributed by atoms with Crippen LogP contribution in [0.1, 0.15) is 21.5 Å². The van der Waals surface area contributed by atoms with Crippen molar-refractivity contribution < 1.29 is 31.9 Å². The van der Waals surface area contributed by atoms with Crippen molar-refractivity contribution in [2.45, 2.75) is 18.6 Å². The van der Waals surface area contributed by atoms with E-state index in [2.05, 4.69) is 10.1 Å². The van der Waals surface area contributed by atoms with E-state index in [1.54, 1.807) is 0 Å². The molecule has 0 bridgehead atoms. The maximum atomic E-state index is 13.2. The first-order chi connectivity index (χ1) is 12.2. The van der Waals surface area contributed by atoms with Crippen molar-refractivity contribution in [3.63, 3.8) is 0 Å². The Hall–Kier alpha value is -2.90.